The molecule has 0 spiro atoms. The number of anilines is 1. The molecular weight excluding hydrogens is 746 g/mol. The number of β-lactam (4-membered cyclic amide) rings is 1. The number of thiazole rings is 1. The zero-order chi connectivity index (χ0) is 37.7. The molecule has 1 fully saturated rings. The molecule has 2 amide bonds. The van der Waals surface area contributed by atoms with Crippen LogP contribution in [0.15, 0.2) is 137 Å². The van der Waals surface area contributed by atoms with Crippen LogP contribution in [0.5, 0.6) is 5.75 Å². The van der Waals surface area contributed by atoms with Crippen molar-refractivity contribution >= 4 is 63.3 Å². The Morgan fingerprint density at radius 3 is 2.07 bits per heavy atom. The number of halogens is 1. The summed E-state index contributed by atoms with van der Waals surface area (Å²) in [5, 5.41) is 21.2. The third-order valence-electron chi connectivity index (χ3n) is 9.19. The first-order valence-corrected chi connectivity index (χ1v) is 19.3. The lowest BCUT2D eigenvalue weighted by Gasteiger charge is -2.49. The second-order valence-corrected chi connectivity index (χ2v) is 14.6. The average molecular weight is 780 g/mol. The first-order valence-electron chi connectivity index (χ1n) is 16.8. The Morgan fingerprint density at radius 1 is 0.944 bits per heavy atom. The van der Waals surface area contributed by atoms with Gasteiger partial charge in [-0.15, -0.1) is 34.7 Å². The lowest BCUT2D eigenvalue weighted by molar-refractivity contribution is -0.153. The standard InChI is InChI=1S/C40H34ClN5O6S2/c1-51-30-19-17-25(18-20-30)22-52-38(49)34-26(21-41)23-53-37-33(36(48)46(34)37)43-35(47)32(45-50)31-24-54-39(42-31)44-40(27-11-5-2-6-12-27,28-13-7-3-8-14-28)29-15-9-4-10-16-29/h2-20,24,33,37,50H,21-23H2,1H3,(H,42,44)(H,43,47)/b45-32-. The number of rotatable bonds is 13. The number of hydrogen-bond acceptors (Lipinski definition) is 11. The number of benzene rings is 4. The Hall–Kier alpha value is -5.63. The first kappa shape index (κ1) is 36.7. The largest absolute Gasteiger partial charge is 0.497 e. The highest BCUT2D eigenvalue weighted by Crippen LogP contribution is 2.42. The second-order valence-electron chi connectivity index (χ2n) is 12.3. The van der Waals surface area contributed by atoms with E-state index in [0.717, 1.165) is 22.3 Å². The molecule has 2 atom stereocenters. The Bertz CT molecular complexity index is 2100. The van der Waals surface area contributed by atoms with E-state index in [4.69, 9.17) is 26.1 Å². The van der Waals surface area contributed by atoms with Gasteiger partial charge in [-0.25, -0.2) is 9.78 Å². The van der Waals surface area contributed by atoms with Crippen molar-refractivity contribution in [1.29, 1.82) is 0 Å². The van der Waals surface area contributed by atoms with Crippen LogP contribution in [0, 0.1) is 0 Å². The van der Waals surface area contributed by atoms with Gasteiger partial charge < -0.3 is 25.3 Å². The SMILES string of the molecule is COc1ccc(COC(=O)C2=C(CCl)CSC3C(NC(=O)/C(=N\O)c4csc(NC(c5ccccc5)(c5ccccc5)c5ccccc5)n4)C(=O)N23)cc1. The summed E-state index contributed by atoms with van der Waals surface area (Å²) >= 11 is 8.79. The van der Waals surface area contributed by atoms with Crippen LogP contribution in [0.25, 0.3) is 0 Å². The predicted octanol–water partition coefficient (Wildman–Crippen LogP) is 6.37. The van der Waals surface area contributed by atoms with E-state index in [0.29, 0.717) is 22.2 Å². The molecule has 4 aromatic carbocycles. The zero-order valence-electron chi connectivity index (χ0n) is 28.8. The van der Waals surface area contributed by atoms with Crippen molar-refractivity contribution in [3.8, 4) is 5.75 Å². The molecular formula is C40H34ClN5O6S2. The van der Waals surface area contributed by atoms with Crippen molar-refractivity contribution in [2.24, 2.45) is 5.16 Å². The summed E-state index contributed by atoms with van der Waals surface area (Å²) in [6.45, 7) is -0.0220. The fourth-order valence-corrected chi connectivity index (χ4v) is 8.95. The average Bonchev–Trinajstić information content (AvgIpc) is 3.69. The third-order valence-corrected chi connectivity index (χ3v) is 11.6. The number of fused-ring (bicyclic) bond motifs is 1. The number of carbonyl (C=O) groups excluding carboxylic acids is 3. The molecule has 1 saturated heterocycles. The molecule has 0 aliphatic carbocycles. The molecule has 3 heterocycles. The number of thioether (sulfide) groups is 1. The van der Waals surface area contributed by atoms with E-state index in [1.807, 2.05) is 91.0 Å². The molecule has 2 unspecified atom stereocenters. The maximum absolute atomic E-state index is 13.6. The minimum absolute atomic E-state index is 0.0220. The number of hydrogen-bond donors (Lipinski definition) is 3. The third kappa shape index (κ3) is 7.05. The van der Waals surface area contributed by atoms with E-state index in [9.17, 15) is 19.6 Å². The van der Waals surface area contributed by atoms with Crippen LogP contribution in [0.4, 0.5) is 5.13 Å². The van der Waals surface area contributed by atoms with Crippen LogP contribution in [-0.2, 0) is 31.3 Å². The van der Waals surface area contributed by atoms with Gasteiger partial charge in [0.15, 0.2) is 10.8 Å². The summed E-state index contributed by atoms with van der Waals surface area (Å²) in [5.41, 5.74) is 3.10. The lowest BCUT2D eigenvalue weighted by Crippen LogP contribution is -2.71. The van der Waals surface area contributed by atoms with Gasteiger partial charge in [-0.2, -0.15) is 0 Å². The van der Waals surface area contributed by atoms with Gasteiger partial charge in [0.25, 0.3) is 11.8 Å². The number of amides is 2. The summed E-state index contributed by atoms with van der Waals surface area (Å²) in [4.78, 5) is 46.5. The smallest absolute Gasteiger partial charge is 0.355 e. The second kappa shape index (κ2) is 16.2. The molecule has 14 heteroatoms. The van der Waals surface area contributed by atoms with Crippen LogP contribution >= 0.6 is 34.7 Å². The number of carbonyl (C=O) groups is 3. The van der Waals surface area contributed by atoms with Gasteiger partial charge in [0.2, 0.25) is 0 Å². The maximum Gasteiger partial charge on any atom is 0.355 e. The van der Waals surface area contributed by atoms with Crippen molar-refractivity contribution in [2.75, 3.05) is 24.1 Å². The fraction of sp³-hybridized carbons (Fsp3) is 0.175. The number of nitrogens with one attached hydrogen (secondary N) is 2. The number of ether oxygens (including phenoxy) is 2. The number of alkyl halides is 1. The van der Waals surface area contributed by atoms with Gasteiger partial charge in [0.1, 0.15) is 40.7 Å². The van der Waals surface area contributed by atoms with Gasteiger partial charge >= 0.3 is 5.97 Å². The van der Waals surface area contributed by atoms with Crippen molar-refractivity contribution in [1.82, 2.24) is 15.2 Å². The number of esters is 1. The highest BCUT2D eigenvalue weighted by molar-refractivity contribution is 8.00. The maximum atomic E-state index is 13.6. The van der Waals surface area contributed by atoms with Gasteiger partial charge in [-0.1, -0.05) is 108 Å². The molecule has 2 aliphatic heterocycles. The van der Waals surface area contributed by atoms with Crippen molar-refractivity contribution in [2.45, 2.75) is 23.6 Å². The molecule has 3 N–H and O–H groups in total. The predicted molar refractivity (Wildman–Crippen MR) is 209 cm³/mol. The minimum Gasteiger partial charge on any atom is -0.497 e. The Balaban J connectivity index is 1.09. The Labute approximate surface area is 324 Å². The van der Waals surface area contributed by atoms with Crippen molar-refractivity contribution in [3.63, 3.8) is 0 Å². The number of oxime groups is 1. The summed E-state index contributed by atoms with van der Waals surface area (Å²) < 4.78 is 10.8. The molecule has 0 radical (unpaired) electrons. The first-order chi connectivity index (χ1) is 26.4. The highest BCUT2D eigenvalue weighted by atomic mass is 35.5. The van der Waals surface area contributed by atoms with Gasteiger partial charge in [-0.3, -0.25) is 14.5 Å². The number of methoxy groups -OCH3 is 1. The van der Waals surface area contributed by atoms with Crippen LogP contribution in [0.2, 0.25) is 0 Å². The molecule has 5 aromatic rings. The molecule has 2 aliphatic rings. The Kier molecular flexibility index (Phi) is 11.0. The van der Waals surface area contributed by atoms with E-state index < -0.39 is 34.7 Å². The van der Waals surface area contributed by atoms with E-state index in [-0.39, 0.29) is 29.6 Å². The van der Waals surface area contributed by atoms with Gasteiger partial charge in [0, 0.05) is 17.0 Å². The highest BCUT2D eigenvalue weighted by Gasteiger charge is 2.54. The monoisotopic (exact) mass is 779 g/mol. The molecule has 54 heavy (non-hydrogen) atoms. The molecule has 7 rings (SSSR count). The molecule has 274 valence electrons. The summed E-state index contributed by atoms with van der Waals surface area (Å²) in [6, 6.07) is 36.0. The zero-order valence-corrected chi connectivity index (χ0v) is 31.2. The van der Waals surface area contributed by atoms with Gasteiger partial charge in [-0.05, 0) is 40.0 Å². The number of aromatic nitrogens is 1. The molecule has 1 aromatic heterocycles. The summed E-state index contributed by atoms with van der Waals surface area (Å²) in [6.07, 6.45) is 0. The summed E-state index contributed by atoms with van der Waals surface area (Å²) in [5.74, 6) is -0.968. The normalized spacial score (nSPS) is 17.0. The van der Waals surface area contributed by atoms with E-state index in [2.05, 4.69) is 15.8 Å². The molecule has 11 nitrogen and oxygen atoms in total. The topological polar surface area (TPSA) is 142 Å². The van der Waals surface area contributed by atoms with E-state index in [1.165, 1.54) is 28.0 Å². The van der Waals surface area contributed by atoms with Crippen LogP contribution in [-0.4, -0.2) is 68.7 Å². The Morgan fingerprint density at radius 2 is 1.54 bits per heavy atom. The minimum atomic E-state index is -1.00. The fourth-order valence-electron chi connectivity index (χ4n) is 6.52. The van der Waals surface area contributed by atoms with Gasteiger partial charge in [0.05, 0.1) is 7.11 Å². The molecule has 0 bridgehead atoms. The quantitative estimate of drug-likeness (QED) is 0.0237. The van der Waals surface area contributed by atoms with Crippen LogP contribution in [0.1, 0.15) is 27.9 Å². The molecule has 0 saturated carbocycles. The van der Waals surface area contributed by atoms with E-state index in [1.54, 1.807) is 36.8 Å². The lowest BCUT2D eigenvalue weighted by atomic mass is 9.77. The number of nitrogens with zero attached hydrogens (tertiary/aromatic N) is 3. The van der Waals surface area contributed by atoms with Crippen molar-refractivity contribution in [3.05, 3.63) is 160 Å². The van der Waals surface area contributed by atoms with Crippen LogP contribution < -0.4 is 15.4 Å². The van der Waals surface area contributed by atoms with Crippen molar-refractivity contribution < 1.29 is 29.1 Å². The van der Waals surface area contributed by atoms with Crippen LogP contribution in [0.3, 0.4) is 0 Å². The van der Waals surface area contributed by atoms with E-state index >= 15 is 0 Å². The summed E-state index contributed by atoms with van der Waals surface area (Å²) in [7, 11) is 1.56.